The van der Waals surface area contributed by atoms with Gasteiger partial charge in [0.2, 0.25) is 0 Å². The van der Waals surface area contributed by atoms with Gasteiger partial charge in [-0.2, -0.15) is 0 Å². The summed E-state index contributed by atoms with van der Waals surface area (Å²) in [6.07, 6.45) is 0. The van der Waals surface area contributed by atoms with E-state index in [1.807, 2.05) is 53.2 Å². The molecule has 3 heteroatoms. The lowest BCUT2D eigenvalue weighted by Crippen LogP contribution is -1.57. The molecule has 0 spiro atoms. The fourth-order valence-electron chi connectivity index (χ4n) is 0.538. The van der Waals surface area contributed by atoms with Crippen LogP contribution in [-0.4, -0.2) is 0 Å². The summed E-state index contributed by atoms with van der Waals surface area (Å²) in [5, 5.41) is 3.82. The Morgan fingerprint density at radius 2 is 1.78 bits per heavy atom. The molecule has 0 aliphatic carbocycles. The third-order valence-corrected chi connectivity index (χ3v) is 1.13. The Labute approximate surface area is 67.5 Å². The van der Waals surface area contributed by atoms with E-state index in [9.17, 15) is 0 Å². The summed E-state index contributed by atoms with van der Waals surface area (Å²) >= 11 is 1.85. The number of halogens is 1. The first kappa shape index (κ1) is 6.67. The lowest BCUT2D eigenvalue weighted by atomic mass is 10.3. The molecule has 0 aliphatic heterocycles. The summed E-state index contributed by atoms with van der Waals surface area (Å²) in [4.78, 5) is 0. The first-order valence-corrected chi connectivity index (χ1v) is 3.47. The van der Waals surface area contributed by atoms with Crippen molar-refractivity contribution in [2.45, 2.75) is 0 Å². The summed E-state index contributed by atoms with van der Waals surface area (Å²) in [5.41, 5.74) is 0.895. The van der Waals surface area contributed by atoms with E-state index in [1.54, 1.807) is 0 Å². The molecular formula is C6H5IN2. The molecule has 0 amide bonds. The van der Waals surface area contributed by atoms with Gasteiger partial charge in [0, 0.05) is 0 Å². The third kappa shape index (κ3) is 2.09. The predicted octanol–water partition coefficient (Wildman–Crippen LogP) is 3.12. The largest absolute Gasteiger partial charge is 0.145 e. The Bertz CT molecular complexity index is 195. The molecule has 0 N–H and O–H groups in total. The van der Waals surface area contributed by atoms with Gasteiger partial charge in [-0.3, -0.25) is 0 Å². The summed E-state index contributed by atoms with van der Waals surface area (Å²) in [6, 6.07) is 9.62. The lowest BCUT2D eigenvalue weighted by Gasteiger charge is -1.84. The van der Waals surface area contributed by atoms with Gasteiger partial charge in [0.1, 0.15) is 22.9 Å². The molecule has 0 fully saturated rings. The minimum Gasteiger partial charge on any atom is -0.145 e. The van der Waals surface area contributed by atoms with Gasteiger partial charge in [-0.25, -0.2) is 0 Å². The Balaban J connectivity index is 2.85. The zero-order valence-electron chi connectivity index (χ0n) is 4.66. The van der Waals surface area contributed by atoms with Crippen LogP contribution in [0.5, 0.6) is 0 Å². The summed E-state index contributed by atoms with van der Waals surface area (Å²) in [5.74, 6) is 0. The van der Waals surface area contributed by atoms with Crippen molar-refractivity contribution in [2.75, 3.05) is 0 Å². The Morgan fingerprint density at radius 1 is 1.11 bits per heavy atom. The number of nitrogens with zero attached hydrogens (tertiary/aromatic N) is 2. The molecular weight excluding hydrogens is 227 g/mol. The van der Waals surface area contributed by atoms with Gasteiger partial charge in [0.15, 0.2) is 0 Å². The molecule has 1 rings (SSSR count). The maximum atomic E-state index is 3.82. The third-order valence-electron chi connectivity index (χ3n) is 0.909. The highest BCUT2D eigenvalue weighted by molar-refractivity contribution is 14.1. The molecule has 0 unspecified atom stereocenters. The molecule has 0 radical (unpaired) electrons. The van der Waals surface area contributed by atoms with E-state index >= 15 is 0 Å². The predicted molar refractivity (Wildman–Crippen MR) is 45.0 cm³/mol. The van der Waals surface area contributed by atoms with Crippen LogP contribution in [0.15, 0.2) is 38.8 Å². The molecule has 46 valence electrons. The van der Waals surface area contributed by atoms with E-state index < -0.39 is 0 Å². The minimum absolute atomic E-state index is 0.895. The first-order chi connectivity index (χ1) is 4.43. The highest BCUT2D eigenvalue weighted by atomic mass is 127. The van der Waals surface area contributed by atoms with Gasteiger partial charge in [-0.1, -0.05) is 18.2 Å². The summed E-state index contributed by atoms with van der Waals surface area (Å²) in [6.45, 7) is 0. The molecule has 9 heavy (non-hydrogen) atoms. The van der Waals surface area contributed by atoms with Gasteiger partial charge in [-0.15, -0.1) is 8.44 Å². The maximum absolute atomic E-state index is 3.82. The molecule has 0 saturated heterocycles. The smallest absolute Gasteiger partial charge is 0.111 e. The quantitative estimate of drug-likeness (QED) is 0.525. The number of hydrogen-bond donors (Lipinski definition) is 0. The second-order valence-corrected chi connectivity index (χ2v) is 1.94. The molecule has 1 aromatic rings. The van der Waals surface area contributed by atoms with Crippen LogP contribution in [-0.2, 0) is 0 Å². The fourth-order valence-corrected chi connectivity index (χ4v) is 0.787. The van der Waals surface area contributed by atoms with Gasteiger partial charge >= 0.3 is 0 Å². The van der Waals surface area contributed by atoms with Gasteiger partial charge < -0.3 is 0 Å². The Morgan fingerprint density at radius 3 is 2.33 bits per heavy atom. The number of hydrogen-bond acceptors (Lipinski definition) is 2. The molecule has 0 aliphatic rings. The SMILES string of the molecule is IN=Nc1ccccc1. The maximum Gasteiger partial charge on any atom is 0.111 e. The van der Waals surface area contributed by atoms with Crippen LogP contribution in [0.1, 0.15) is 0 Å². The van der Waals surface area contributed by atoms with E-state index in [4.69, 9.17) is 0 Å². The normalized spacial score (nSPS) is 10.3. The Hall–Kier alpha value is -0.450. The monoisotopic (exact) mass is 232 g/mol. The number of rotatable bonds is 1. The highest BCUT2D eigenvalue weighted by Crippen LogP contribution is 2.10. The first-order valence-electron chi connectivity index (χ1n) is 2.50. The molecule has 0 atom stereocenters. The van der Waals surface area contributed by atoms with E-state index in [0.717, 1.165) is 5.69 Å². The lowest BCUT2D eigenvalue weighted by molar-refractivity contribution is 1.37. The van der Waals surface area contributed by atoms with E-state index in [2.05, 4.69) is 8.44 Å². The van der Waals surface area contributed by atoms with Crippen molar-refractivity contribution in [1.82, 2.24) is 0 Å². The standard InChI is InChI=1S/C6H5IN2/c7-9-8-6-4-2-1-3-5-6/h1-5H. The van der Waals surface area contributed by atoms with Gasteiger partial charge in [0.05, 0.1) is 5.69 Å². The van der Waals surface area contributed by atoms with Crippen LogP contribution in [0.3, 0.4) is 0 Å². The topological polar surface area (TPSA) is 24.7 Å². The van der Waals surface area contributed by atoms with Crippen LogP contribution < -0.4 is 0 Å². The minimum atomic E-state index is 0.895. The molecule has 0 saturated carbocycles. The summed E-state index contributed by atoms with van der Waals surface area (Å²) in [7, 11) is 0. The molecule has 0 bridgehead atoms. The zero-order chi connectivity index (χ0) is 6.53. The van der Waals surface area contributed by atoms with Crippen LogP contribution in [0.25, 0.3) is 0 Å². The molecule has 1 aromatic carbocycles. The van der Waals surface area contributed by atoms with E-state index in [0.29, 0.717) is 0 Å². The van der Waals surface area contributed by atoms with E-state index in [1.165, 1.54) is 0 Å². The second-order valence-electron chi connectivity index (χ2n) is 1.51. The van der Waals surface area contributed by atoms with Crippen molar-refractivity contribution >= 4 is 28.6 Å². The van der Waals surface area contributed by atoms with Crippen molar-refractivity contribution < 1.29 is 0 Å². The summed E-state index contributed by atoms with van der Waals surface area (Å²) < 4.78 is 3.60. The van der Waals surface area contributed by atoms with Crippen LogP contribution in [0, 0.1) is 0 Å². The van der Waals surface area contributed by atoms with Crippen LogP contribution in [0.2, 0.25) is 0 Å². The van der Waals surface area contributed by atoms with Gasteiger partial charge in [0.25, 0.3) is 0 Å². The average molecular weight is 232 g/mol. The Kier molecular flexibility index (Phi) is 2.63. The molecule has 0 heterocycles. The highest BCUT2D eigenvalue weighted by Gasteiger charge is 1.80. The van der Waals surface area contributed by atoms with Crippen molar-refractivity contribution in [1.29, 1.82) is 0 Å². The van der Waals surface area contributed by atoms with Crippen molar-refractivity contribution in [3.8, 4) is 0 Å². The van der Waals surface area contributed by atoms with E-state index in [-0.39, 0.29) is 0 Å². The fraction of sp³-hybridized carbons (Fsp3) is 0. The van der Waals surface area contributed by atoms with Crippen LogP contribution in [0.4, 0.5) is 5.69 Å². The molecule has 2 nitrogen and oxygen atoms in total. The number of benzene rings is 1. The van der Waals surface area contributed by atoms with Crippen LogP contribution >= 0.6 is 22.9 Å². The van der Waals surface area contributed by atoms with Crippen molar-refractivity contribution in [2.24, 2.45) is 8.44 Å². The molecule has 0 aromatic heterocycles. The zero-order valence-corrected chi connectivity index (χ0v) is 6.82. The second kappa shape index (κ2) is 3.55. The average Bonchev–Trinajstić information content (AvgIpc) is 1.91. The van der Waals surface area contributed by atoms with Crippen molar-refractivity contribution in [3.05, 3.63) is 30.3 Å². The van der Waals surface area contributed by atoms with Crippen molar-refractivity contribution in [3.63, 3.8) is 0 Å². The van der Waals surface area contributed by atoms with Gasteiger partial charge in [-0.05, 0) is 12.1 Å².